The van der Waals surface area contributed by atoms with Crippen molar-refractivity contribution in [3.05, 3.63) is 35.0 Å². The van der Waals surface area contributed by atoms with Crippen LogP contribution < -0.4 is 10.1 Å². The first-order chi connectivity index (χ1) is 10.7. The van der Waals surface area contributed by atoms with Gasteiger partial charge in [0.1, 0.15) is 17.0 Å². The number of esters is 1. The van der Waals surface area contributed by atoms with E-state index in [1.165, 1.54) is 20.3 Å². The van der Waals surface area contributed by atoms with E-state index in [0.717, 1.165) is 5.56 Å². The molecule has 0 radical (unpaired) electrons. The van der Waals surface area contributed by atoms with E-state index in [0.29, 0.717) is 11.3 Å². The lowest BCUT2D eigenvalue weighted by Gasteiger charge is -2.20. The van der Waals surface area contributed by atoms with Crippen LogP contribution in [0, 0.1) is 6.92 Å². The topological polar surface area (TPSA) is 73.9 Å². The molecule has 0 saturated heterocycles. The van der Waals surface area contributed by atoms with Crippen LogP contribution in [0.25, 0.3) is 6.08 Å². The molecule has 0 aliphatic rings. The molecule has 0 spiro atoms. The van der Waals surface area contributed by atoms with Crippen molar-refractivity contribution < 1.29 is 23.8 Å². The zero-order valence-electron chi connectivity index (χ0n) is 14.4. The predicted octanol–water partition coefficient (Wildman–Crippen LogP) is 3.04. The van der Waals surface area contributed by atoms with Crippen LogP contribution in [0.1, 0.15) is 31.9 Å². The molecular formula is C17H23NO5. The number of carbonyl (C=O) groups is 2. The summed E-state index contributed by atoms with van der Waals surface area (Å²) in [6.45, 7) is 7.13. The van der Waals surface area contributed by atoms with Crippen LogP contribution in [0.15, 0.2) is 23.9 Å². The fraction of sp³-hybridized carbons (Fsp3) is 0.412. The maximum Gasteiger partial charge on any atom is 0.412 e. The van der Waals surface area contributed by atoms with Crippen LogP contribution in [-0.4, -0.2) is 31.9 Å². The number of aryl methyl sites for hydroxylation is 1. The van der Waals surface area contributed by atoms with Gasteiger partial charge in [-0.15, -0.1) is 0 Å². The summed E-state index contributed by atoms with van der Waals surface area (Å²) in [4.78, 5) is 23.8. The number of amides is 1. The highest BCUT2D eigenvalue weighted by atomic mass is 16.6. The van der Waals surface area contributed by atoms with Crippen molar-refractivity contribution in [3.63, 3.8) is 0 Å². The second kappa shape index (κ2) is 7.67. The third-order valence-corrected chi connectivity index (χ3v) is 2.73. The summed E-state index contributed by atoms with van der Waals surface area (Å²) < 4.78 is 15.1. The molecule has 6 heteroatoms. The molecule has 1 amide bonds. The van der Waals surface area contributed by atoms with Crippen LogP contribution >= 0.6 is 0 Å². The van der Waals surface area contributed by atoms with E-state index in [2.05, 4.69) is 5.32 Å². The van der Waals surface area contributed by atoms with Crippen molar-refractivity contribution in [3.8, 4) is 5.75 Å². The largest absolute Gasteiger partial charge is 0.496 e. The highest BCUT2D eigenvalue weighted by Crippen LogP contribution is 2.22. The highest BCUT2D eigenvalue weighted by molar-refractivity contribution is 5.97. The Morgan fingerprint density at radius 1 is 1.17 bits per heavy atom. The Balaban J connectivity index is 3.12. The van der Waals surface area contributed by atoms with Crippen molar-refractivity contribution in [2.24, 2.45) is 0 Å². The van der Waals surface area contributed by atoms with Gasteiger partial charge in [0.25, 0.3) is 0 Å². The molecular weight excluding hydrogens is 298 g/mol. The van der Waals surface area contributed by atoms with Gasteiger partial charge >= 0.3 is 12.1 Å². The van der Waals surface area contributed by atoms with E-state index in [1.54, 1.807) is 26.8 Å². The molecule has 0 unspecified atom stereocenters. The summed E-state index contributed by atoms with van der Waals surface area (Å²) in [5, 5.41) is 2.41. The van der Waals surface area contributed by atoms with Gasteiger partial charge in [-0.3, -0.25) is 5.32 Å². The molecule has 0 bridgehead atoms. The van der Waals surface area contributed by atoms with E-state index >= 15 is 0 Å². The van der Waals surface area contributed by atoms with E-state index in [9.17, 15) is 9.59 Å². The molecule has 0 aromatic heterocycles. The molecule has 1 rings (SSSR count). The SMILES string of the molecule is COC(=O)/C(=C/c1ccc(C)cc1OC)NC(=O)OC(C)(C)C. The van der Waals surface area contributed by atoms with Gasteiger partial charge in [0.05, 0.1) is 14.2 Å². The molecule has 1 aromatic rings. The minimum Gasteiger partial charge on any atom is -0.496 e. The van der Waals surface area contributed by atoms with Crippen LogP contribution in [0.2, 0.25) is 0 Å². The van der Waals surface area contributed by atoms with Gasteiger partial charge in [0.2, 0.25) is 0 Å². The zero-order chi connectivity index (χ0) is 17.6. The third kappa shape index (κ3) is 6.02. The fourth-order valence-electron chi connectivity index (χ4n) is 1.76. The normalized spacial score (nSPS) is 11.7. The molecule has 0 saturated carbocycles. The van der Waals surface area contributed by atoms with Crippen molar-refractivity contribution in [1.82, 2.24) is 5.32 Å². The molecule has 23 heavy (non-hydrogen) atoms. The van der Waals surface area contributed by atoms with E-state index < -0.39 is 17.7 Å². The predicted molar refractivity (Wildman–Crippen MR) is 87.1 cm³/mol. The summed E-state index contributed by atoms with van der Waals surface area (Å²) in [7, 11) is 2.77. The third-order valence-electron chi connectivity index (χ3n) is 2.73. The number of nitrogens with one attached hydrogen (secondary N) is 1. The van der Waals surface area contributed by atoms with Crippen LogP contribution in [0.5, 0.6) is 5.75 Å². The van der Waals surface area contributed by atoms with Crippen molar-refractivity contribution in [1.29, 1.82) is 0 Å². The number of ether oxygens (including phenoxy) is 3. The number of rotatable bonds is 4. The minimum absolute atomic E-state index is 0.0381. The van der Waals surface area contributed by atoms with E-state index in [-0.39, 0.29) is 5.70 Å². The number of benzene rings is 1. The molecule has 1 N–H and O–H groups in total. The standard InChI is InChI=1S/C17H23NO5/c1-11-7-8-12(14(9-11)21-5)10-13(15(19)22-6)18-16(20)23-17(2,3)4/h7-10H,1-6H3,(H,18,20)/b13-10-. The Morgan fingerprint density at radius 3 is 2.35 bits per heavy atom. The molecule has 0 aliphatic carbocycles. The molecule has 1 aromatic carbocycles. The summed E-state index contributed by atoms with van der Waals surface area (Å²) in [5.41, 5.74) is 0.935. The monoisotopic (exact) mass is 321 g/mol. The molecule has 0 heterocycles. The quantitative estimate of drug-likeness (QED) is 0.681. The lowest BCUT2D eigenvalue weighted by Crippen LogP contribution is -2.34. The number of carbonyl (C=O) groups excluding carboxylic acids is 2. The number of hydrogen-bond acceptors (Lipinski definition) is 5. The zero-order valence-corrected chi connectivity index (χ0v) is 14.4. The lowest BCUT2D eigenvalue weighted by atomic mass is 10.1. The Kier molecular flexibility index (Phi) is 6.18. The van der Waals surface area contributed by atoms with Crippen molar-refractivity contribution in [2.75, 3.05) is 14.2 Å². The van der Waals surface area contributed by atoms with E-state index in [1.807, 2.05) is 19.1 Å². The van der Waals surface area contributed by atoms with Crippen molar-refractivity contribution >= 4 is 18.1 Å². The first kappa shape index (κ1) is 18.5. The maximum atomic E-state index is 11.9. The van der Waals surface area contributed by atoms with E-state index in [4.69, 9.17) is 14.2 Å². The van der Waals surface area contributed by atoms with Gasteiger partial charge in [-0.2, -0.15) is 0 Å². The van der Waals surface area contributed by atoms with Gasteiger partial charge in [-0.05, 0) is 45.4 Å². The lowest BCUT2D eigenvalue weighted by molar-refractivity contribution is -0.136. The number of hydrogen-bond donors (Lipinski definition) is 1. The van der Waals surface area contributed by atoms with Gasteiger partial charge in [-0.25, -0.2) is 9.59 Å². The Labute approximate surface area is 136 Å². The van der Waals surface area contributed by atoms with Crippen LogP contribution in [-0.2, 0) is 14.3 Å². The first-order valence-corrected chi connectivity index (χ1v) is 7.11. The first-order valence-electron chi connectivity index (χ1n) is 7.11. The summed E-state index contributed by atoms with van der Waals surface area (Å²) in [6.07, 6.45) is 0.744. The van der Waals surface area contributed by atoms with Gasteiger partial charge in [0, 0.05) is 5.56 Å². The molecule has 6 nitrogen and oxygen atoms in total. The van der Waals surface area contributed by atoms with Crippen molar-refractivity contribution in [2.45, 2.75) is 33.3 Å². The summed E-state index contributed by atoms with van der Waals surface area (Å²) in [5.74, 6) is -0.101. The second-order valence-corrected chi connectivity index (χ2v) is 5.92. The average molecular weight is 321 g/mol. The molecule has 126 valence electrons. The fourth-order valence-corrected chi connectivity index (χ4v) is 1.76. The van der Waals surface area contributed by atoms with Gasteiger partial charge < -0.3 is 14.2 Å². The van der Waals surface area contributed by atoms with Gasteiger partial charge in [0.15, 0.2) is 0 Å². The average Bonchev–Trinajstić information content (AvgIpc) is 2.45. The second-order valence-electron chi connectivity index (χ2n) is 5.92. The summed E-state index contributed by atoms with van der Waals surface area (Å²) in [6, 6.07) is 5.48. The number of alkyl carbamates (subject to hydrolysis) is 1. The van der Waals surface area contributed by atoms with Crippen LogP contribution in [0.3, 0.4) is 0 Å². The molecule has 0 atom stereocenters. The van der Waals surface area contributed by atoms with Crippen LogP contribution in [0.4, 0.5) is 4.79 Å². The Bertz CT molecular complexity index is 614. The highest BCUT2D eigenvalue weighted by Gasteiger charge is 2.20. The maximum absolute atomic E-state index is 11.9. The molecule has 0 fully saturated rings. The minimum atomic E-state index is -0.736. The Hall–Kier alpha value is -2.50. The Morgan fingerprint density at radius 2 is 1.83 bits per heavy atom. The number of methoxy groups -OCH3 is 2. The summed E-state index contributed by atoms with van der Waals surface area (Å²) >= 11 is 0. The molecule has 0 aliphatic heterocycles. The van der Waals surface area contributed by atoms with Gasteiger partial charge in [-0.1, -0.05) is 12.1 Å². The smallest absolute Gasteiger partial charge is 0.412 e.